The first-order valence-corrected chi connectivity index (χ1v) is 16.3. The summed E-state index contributed by atoms with van der Waals surface area (Å²) in [6, 6.07) is 21.1. The number of anilines is 2. The molecule has 0 saturated carbocycles. The van der Waals surface area contributed by atoms with Crippen molar-refractivity contribution in [3.63, 3.8) is 0 Å². The van der Waals surface area contributed by atoms with Crippen LogP contribution in [0.3, 0.4) is 0 Å². The molecule has 3 aromatic carbocycles. The molecule has 3 heterocycles. The van der Waals surface area contributed by atoms with E-state index < -0.39 is 26.0 Å². The van der Waals surface area contributed by atoms with Crippen molar-refractivity contribution in [3.8, 4) is 16.9 Å². The summed E-state index contributed by atoms with van der Waals surface area (Å²) in [7, 11) is -6.19. The topological polar surface area (TPSA) is 152 Å². The second kappa shape index (κ2) is 11.6. The first-order valence-electron chi connectivity index (χ1n) is 13.4. The molecule has 0 aliphatic carbocycles. The smallest absolute Gasteiger partial charge is 0.261 e. The summed E-state index contributed by atoms with van der Waals surface area (Å²) in [6.07, 6.45) is 4.50. The molecular weight excluding hydrogens is 605 g/mol. The molecule has 1 saturated heterocycles. The minimum Gasteiger partial charge on any atom is -0.497 e. The molecule has 0 unspecified atom stereocenters. The molecule has 1 fully saturated rings. The normalized spacial score (nSPS) is 14.5. The SMILES string of the molecule is COc1ccc(S(=O)(=O)N2CCN(c3cnc4ccc(-c5cncc(NS(=O)(=O)c6ccccc6)c5)cc4n3)C(=O)C2)cc1. The highest BCUT2D eigenvalue weighted by molar-refractivity contribution is 7.92. The molecule has 14 heteroatoms. The van der Waals surface area contributed by atoms with Crippen molar-refractivity contribution >= 4 is 48.5 Å². The molecule has 1 aliphatic rings. The minimum absolute atomic E-state index is 0.0731. The van der Waals surface area contributed by atoms with Crippen LogP contribution in [-0.2, 0) is 24.8 Å². The van der Waals surface area contributed by atoms with E-state index in [1.165, 1.54) is 48.7 Å². The molecule has 44 heavy (non-hydrogen) atoms. The number of carbonyl (C=O) groups excluding carboxylic acids is 1. The number of hydrogen-bond acceptors (Lipinski definition) is 9. The largest absolute Gasteiger partial charge is 0.497 e. The van der Waals surface area contributed by atoms with Gasteiger partial charge in [0.15, 0.2) is 5.82 Å². The summed E-state index contributed by atoms with van der Waals surface area (Å²) in [6.45, 7) is -0.162. The van der Waals surface area contributed by atoms with Crippen LogP contribution in [0.5, 0.6) is 5.75 Å². The van der Waals surface area contributed by atoms with Gasteiger partial charge in [0.25, 0.3) is 10.0 Å². The van der Waals surface area contributed by atoms with Crippen molar-refractivity contribution in [2.24, 2.45) is 0 Å². The first-order chi connectivity index (χ1) is 21.1. The van der Waals surface area contributed by atoms with Gasteiger partial charge in [-0.25, -0.2) is 21.8 Å². The van der Waals surface area contributed by atoms with E-state index in [0.717, 1.165) is 4.31 Å². The van der Waals surface area contributed by atoms with Gasteiger partial charge in [-0.05, 0) is 60.2 Å². The molecule has 12 nitrogen and oxygen atoms in total. The number of amides is 1. The summed E-state index contributed by atoms with van der Waals surface area (Å²) in [5.74, 6) is 0.393. The van der Waals surface area contributed by atoms with Crippen LogP contribution in [0.15, 0.2) is 107 Å². The number of rotatable bonds is 8. The Labute approximate surface area is 254 Å². The third-order valence-electron chi connectivity index (χ3n) is 7.07. The predicted molar refractivity (Wildman–Crippen MR) is 164 cm³/mol. The molecule has 5 aromatic rings. The molecule has 1 aliphatic heterocycles. The van der Waals surface area contributed by atoms with Gasteiger partial charge in [-0.15, -0.1) is 0 Å². The van der Waals surface area contributed by atoms with E-state index in [4.69, 9.17) is 4.74 Å². The molecule has 0 radical (unpaired) electrons. The summed E-state index contributed by atoms with van der Waals surface area (Å²) < 4.78 is 60.6. The molecule has 1 N–H and O–H groups in total. The maximum absolute atomic E-state index is 13.1. The van der Waals surface area contributed by atoms with Crippen molar-refractivity contribution in [1.29, 1.82) is 0 Å². The lowest BCUT2D eigenvalue weighted by molar-refractivity contribution is -0.120. The standard InChI is InChI=1S/C30H26N6O6S2/c1-42-24-8-10-26(11-9-24)44(40,41)35-13-14-36(30(37)20-35)29-19-32-27-12-7-21(16-28(27)33-29)22-15-23(18-31-17-22)34-43(38,39)25-5-3-2-4-6-25/h2-12,15-19,34H,13-14,20H2,1H3. The van der Waals surface area contributed by atoms with E-state index in [0.29, 0.717) is 39.4 Å². The number of fused-ring (bicyclic) bond motifs is 1. The Kier molecular flexibility index (Phi) is 7.71. The number of aromatic nitrogens is 3. The Hall–Kier alpha value is -4.92. The van der Waals surface area contributed by atoms with E-state index in [-0.39, 0.29) is 29.4 Å². The van der Waals surface area contributed by atoms with Gasteiger partial charge in [0, 0.05) is 24.8 Å². The molecule has 0 bridgehead atoms. The van der Waals surface area contributed by atoms with Gasteiger partial charge in [-0.3, -0.25) is 24.4 Å². The number of ether oxygens (including phenoxy) is 1. The van der Waals surface area contributed by atoms with Crippen LogP contribution >= 0.6 is 0 Å². The molecule has 2 aromatic heterocycles. The van der Waals surface area contributed by atoms with Crippen LogP contribution < -0.4 is 14.4 Å². The van der Waals surface area contributed by atoms with E-state index in [1.54, 1.807) is 54.7 Å². The van der Waals surface area contributed by atoms with Gasteiger partial charge in [0.2, 0.25) is 15.9 Å². The fraction of sp³-hybridized carbons (Fsp3) is 0.133. The number of piperazine rings is 1. The Balaban J connectivity index is 1.21. The fourth-order valence-electron chi connectivity index (χ4n) is 4.77. The van der Waals surface area contributed by atoms with Crippen LogP contribution in [-0.4, -0.2) is 68.7 Å². The van der Waals surface area contributed by atoms with E-state index >= 15 is 0 Å². The zero-order valence-electron chi connectivity index (χ0n) is 23.4. The highest BCUT2D eigenvalue weighted by Crippen LogP contribution is 2.28. The Morgan fingerprint density at radius 2 is 1.57 bits per heavy atom. The molecular formula is C30H26N6O6S2. The quantitative estimate of drug-likeness (QED) is 0.271. The third-order valence-corrected chi connectivity index (χ3v) is 10.3. The Morgan fingerprint density at radius 3 is 2.30 bits per heavy atom. The summed E-state index contributed by atoms with van der Waals surface area (Å²) in [5, 5.41) is 0. The van der Waals surface area contributed by atoms with Crippen LogP contribution in [0.2, 0.25) is 0 Å². The van der Waals surface area contributed by atoms with Crippen molar-refractivity contribution in [1.82, 2.24) is 19.3 Å². The highest BCUT2D eigenvalue weighted by Gasteiger charge is 2.34. The van der Waals surface area contributed by atoms with Gasteiger partial charge in [-0.1, -0.05) is 24.3 Å². The maximum Gasteiger partial charge on any atom is 0.261 e. The first kappa shape index (κ1) is 29.2. The molecule has 1 amide bonds. The fourth-order valence-corrected chi connectivity index (χ4v) is 7.21. The number of hydrogen-bond donors (Lipinski definition) is 1. The second-order valence-electron chi connectivity index (χ2n) is 9.87. The Morgan fingerprint density at radius 1 is 0.795 bits per heavy atom. The maximum atomic E-state index is 13.1. The number of pyridine rings is 1. The number of carbonyl (C=O) groups is 1. The van der Waals surface area contributed by atoms with Gasteiger partial charge in [0.05, 0.1) is 52.6 Å². The predicted octanol–water partition coefficient (Wildman–Crippen LogP) is 3.54. The number of nitrogens with one attached hydrogen (secondary N) is 1. The molecule has 0 atom stereocenters. The van der Waals surface area contributed by atoms with Gasteiger partial charge >= 0.3 is 0 Å². The average molecular weight is 631 g/mol. The lowest BCUT2D eigenvalue weighted by Gasteiger charge is -2.32. The van der Waals surface area contributed by atoms with E-state index in [1.807, 2.05) is 6.07 Å². The zero-order valence-corrected chi connectivity index (χ0v) is 25.0. The van der Waals surface area contributed by atoms with Crippen LogP contribution in [0, 0.1) is 0 Å². The summed E-state index contributed by atoms with van der Waals surface area (Å²) in [4.78, 5) is 28.1. The molecule has 6 rings (SSSR count). The van der Waals surface area contributed by atoms with E-state index in [9.17, 15) is 21.6 Å². The van der Waals surface area contributed by atoms with Gasteiger partial charge < -0.3 is 4.74 Å². The monoisotopic (exact) mass is 630 g/mol. The lowest BCUT2D eigenvalue weighted by Crippen LogP contribution is -2.52. The number of benzene rings is 3. The van der Waals surface area contributed by atoms with E-state index in [2.05, 4.69) is 19.7 Å². The van der Waals surface area contributed by atoms with Crippen molar-refractivity contribution in [2.75, 3.05) is 36.4 Å². The zero-order chi connectivity index (χ0) is 30.9. The average Bonchev–Trinajstić information content (AvgIpc) is 3.04. The number of methoxy groups -OCH3 is 1. The highest BCUT2D eigenvalue weighted by atomic mass is 32.2. The lowest BCUT2D eigenvalue weighted by atomic mass is 10.1. The summed E-state index contributed by atoms with van der Waals surface area (Å²) >= 11 is 0. The minimum atomic E-state index is -3.88. The van der Waals surface area contributed by atoms with Crippen molar-refractivity contribution in [2.45, 2.75) is 9.79 Å². The van der Waals surface area contributed by atoms with Crippen molar-refractivity contribution < 1.29 is 26.4 Å². The van der Waals surface area contributed by atoms with Crippen LogP contribution in [0.4, 0.5) is 11.5 Å². The number of sulfonamides is 2. The van der Waals surface area contributed by atoms with Crippen LogP contribution in [0.25, 0.3) is 22.2 Å². The third kappa shape index (κ3) is 5.82. The molecule has 224 valence electrons. The molecule has 0 spiro atoms. The van der Waals surface area contributed by atoms with Crippen molar-refractivity contribution in [3.05, 3.63) is 97.5 Å². The Bertz CT molecular complexity index is 2080. The second-order valence-corrected chi connectivity index (χ2v) is 13.5. The summed E-state index contributed by atoms with van der Waals surface area (Å²) in [5.41, 5.74) is 2.72. The van der Waals surface area contributed by atoms with Crippen LogP contribution in [0.1, 0.15) is 0 Å². The van der Waals surface area contributed by atoms with Gasteiger partial charge in [-0.2, -0.15) is 4.31 Å². The van der Waals surface area contributed by atoms with Gasteiger partial charge in [0.1, 0.15) is 5.75 Å². The number of nitrogens with zero attached hydrogens (tertiary/aromatic N) is 5.